The summed E-state index contributed by atoms with van der Waals surface area (Å²) >= 11 is 0. The second kappa shape index (κ2) is 11.0. The molecule has 0 saturated heterocycles. The molecule has 1 saturated carbocycles. The van der Waals surface area contributed by atoms with E-state index in [2.05, 4.69) is 65.0 Å². The number of imidazole rings is 2. The molecule has 0 aromatic carbocycles. The Morgan fingerprint density at radius 2 is 2.00 bits per heavy atom. The smallest absolute Gasteiger partial charge is 0.267 e. The molecule has 4 heterocycles. The van der Waals surface area contributed by atoms with E-state index < -0.39 is 0 Å². The molecule has 1 atom stereocenters. The van der Waals surface area contributed by atoms with Crippen LogP contribution in [0.5, 0.6) is 0 Å². The maximum absolute atomic E-state index is 11.6. The Bertz CT molecular complexity index is 1390. The maximum Gasteiger partial charge on any atom is 0.267 e. The van der Waals surface area contributed by atoms with Crippen molar-refractivity contribution in [3.05, 3.63) is 83.0 Å². The van der Waals surface area contributed by atoms with Crippen molar-refractivity contribution < 1.29 is 4.79 Å². The lowest BCUT2D eigenvalue weighted by Crippen LogP contribution is -2.28. The standard InChI is InChI=1S/C14H18N4O.C14H19N3/c1-4-11(15)14(19)16-7-12-13-10(3)9(2)5-6-18(13)8-17-12;1-2-12(15)7-13-9-17-8-11(10-3-4-10)5-6-14(17)16-13/h4-6,8H,7,15H2,1-3H3,(H,16,19);5-6,8-10,12H,2-4,7,15H2,1H3/b11-4-;. The van der Waals surface area contributed by atoms with Crippen molar-refractivity contribution >= 4 is 17.1 Å². The van der Waals surface area contributed by atoms with Gasteiger partial charge in [0.15, 0.2) is 0 Å². The van der Waals surface area contributed by atoms with Crippen molar-refractivity contribution in [2.45, 2.75) is 71.9 Å². The van der Waals surface area contributed by atoms with Gasteiger partial charge in [-0.1, -0.05) is 19.1 Å². The number of aromatic nitrogens is 4. The first-order valence-electron chi connectivity index (χ1n) is 12.7. The highest BCUT2D eigenvalue weighted by molar-refractivity contribution is 5.92. The summed E-state index contributed by atoms with van der Waals surface area (Å²) in [6.07, 6.45) is 14.2. The Labute approximate surface area is 212 Å². The molecule has 8 heteroatoms. The van der Waals surface area contributed by atoms with Gasteiger partial charge in [0.25, 0.3) is 5.91 Å². The van der Waals surface area contributed by atoms with E-state index in [1.807, 2.05) is 16.7 Å². The van der Waals surface area contributed by atoms with Gasteiger partial charge in [0.05, 0.1) is 35.5 Å². The van der Waals surface area contributed by atoms with Crippen LogP contribution in [0.25, 0.3) is 11.2 Å². The van der Waals surface area contributed by atoms with Crippen LogP contribution in [0.1, 0.15) is 67.1 Å². The summed E-state index contributed by atoms with van der Waals surface area (Å²) in [4.78, 5) is 20.6. The van der Waals surface area contributed by atoms with Gasteiger partial charge in [-0.3, -0.25) is 4.79 Å². The molecule has 0 spiro atoms. The predicted octanol–water partition coefficient (Wildman–Crippen LogP) is 3.92. The maximum atomic E-state index is 11.6. The van der Waals surface area contributed by atoms with E-state index in [0.29, 0.717) is 6.54 Å². The average Bonchev–Trinajstić information content (AvgIpc) is 3.53. The molecule has 4 aromatic heterocycles. The molecule has 1 fully saturated rings. The van der Waals surface area contributed by atoms with Crippen LogP contribution in [-0.4, -0.2) is 30.7 Å². The van der Waals surface area contributed by atoms with E-state index in [1.165, 1.54) is 29.5 Å². The van der Waals surface area contributed by atoms with E-state index in [9.17, 15) is 4.79 Å². The number of allylic oxidation sites excluding steroid dienone is 1. The van der Waals surface area contributed by atoms with Crippen molar-refractivity contribution in [3.63, 3.8) is 0 Å². The first-order chi connectivity index (χ1) is 17.3. The zero-order chi connectivity index (χ0) is 25.8. The number of fused-ring (bicyclic) bond motifs is 2. The normalized spacial score (nSPS) is 14.5. The third kappa shape index (κ3) is 5.76. The fourth-order valence-electron chi connectivity index (χ4n) is 4.18. The largest absolute Gasteiger partial charge is 0.395 e. The lowest BCUT2D eigenvalue weighted by molar-refractivity contribution is -0.117. The minimum atomic E-state index is -0.269. The number of nitrogens with two attached hydrogens (primary N) is 2. The second-order valence-corrected chi connectivity index (χ2v) is 9.60. The van der Waals surface area contributed by atoms with Crippen LogP contribution >= 0.6 is 0 Å². The number of hydrogen-bond acceptors (Lipinski definition) is 5. The highest BCUT2D eigenvalue weighted by atomic mass is 16.1. The summed E-state index contributed by atoms with van der Waals surface area (Å²) in [6, 6.07) is 6.60. The highest BCUT2D eigenvalue weighted by Gasteiger charge is 2.23. The third-order valence-electron chi connectivity index (χ3n) is 6.86. The SMILES string of the molecule is C/C=C(\N)C(=O)NCc1ncn2ccc(C)c(C)c12.CCC(N)Cc1cn2cc(C3CC3)ccc2n1. The van der Waals surface area contributed by atoms with Gasteiger partial charge < -0.3 is 25.6 Å². The molecule has 1 aliphatic carbocycles. The number of amides is 1. The summed E-state index contributed by atoms with van der Waals surface area (Å²) in [5.41, 5.74) is 19.6. The Kier molecular flexibility index (Phi) is 7.74. The molecule has 4 aromatic rings. The van der Waals surface area contributed by atoms with Crippen molar-refractivity contribution in [1.82, 2.24) is 24.1 Å². The topological polar surface area (TPSA) is 116 Å². The van der Waals surface area contributed by atoms with Crippen LogP contribution in [0, 0.1) is 13.8 Å². The molecule has 0 bridgehead atoms. The first-order valence-corrected chi connectivity index (χ1v) is 12.7. The minimum Gasteiger partial charge on any atom is -0.395 e. The van der Waals surface area contributed by atoms with Gasteiger partial charge in [0, 0.05) is 31.1 Å². The monoisotopic (exact) mass is 487 g/mol. The van der Waals surface area contributed by atoms with Gasteiger partial charge in [-0.25, -0.2) is 9.97 Å². The van der Waals surface area contributed by atoms with Crippen LogP contribution in [0.2, 0.25) is 0 Å². The van der Waals surface area contributed by atoms with Crippen LogP contribution in [-0.2, 0) is 17.8 Å². The molecular formula is C28H37N7O. The first kappa shape index (κ1) is 25.4. The fourth-order valence-corrected chi connectivity index (χ4v) is 4.18. The summed E-state index contributed by atoms with van der Waals surface area (Å²) in [7, 11) is 0. The van der Waals surface area contributed by atoms with Crippen molar-refractivity contribution in [3.8, 4) is 0 Å². The van der Waals surface area contributed by atoms with E-state index in [-0.39, 0.29) is 17.6 Å². The molecule has 36 heavy (non-hydrogen) atoms. The van der Waals surface area contributed by atoms with E-state index in [1.54, 1.807) is 19.3 Å². The van der Waals surface area contributed by atoms with Gasteiger partial charge in [0.2, 0.25) is 0 Å². The summed E-state index contributed by atoms with van der Waals surface area (Å²) in [5.74, 6) is 0.525. The predicted molar refractivity (Wildman–Crippen MR) is 144 cm³/mol. The number of carbonyl (C=O) groups excluding carboxylic acids is 1. The number of nitrogens with one attached hydrogen (secondary N) is 1. The molecule has 5 N–H and O–H groups in total. The third-order valence-corrected chi connectivity index (χ3v) is 6.86. The van der Waals surface area contributed by atoms with Crippen molar-refractivity contribution in [2.24, 2.45) is 11.5 Å². The van der Waals surface area contributed by atoms with Crippen LogP contribution in [0.4, 0.5) is 0 Å². The van der Waals surface area contributed by atoms with Crippen molar-refractivity contribution in [1.29, 1.82) is 0 Å². The second-order valence-electron chi connectivity index (χ2n) is 9.60. The molecule has 5 rings (SSSR count). The molecule has 0 radical (unpaired) electrons. The number of nitrogens with zero attached hydrogens (tertiary/aromatic N) is 4. The average molecular weight is 488 g/mol. The number of rotatable bonds is 7. The number of hydrogen-bond donors (Lipinski definition) is 3. The van der Waals surface area contributed by atoms with E-state index in [4.69, 9.17) is 11.5 Å². The zero-order valence-electron chi connectivity index (χ0n) is 21.7. The van der Waals surface area contributed by atoms with Crippen molar-refractivity contribution in [2.75, 3.05) is 0 Å². The zero-order valence-corrected chi connectivity index (χ0v) is 21.7. The molecule has 0 aliphatic heterocycles. The molecular weight excluding hydrogens is 450 g/mol. The van der Waals surface area contributed by atoms with Gasteiger partial charge in [-0.2, -0.15) is 0 Å². The Morgan fingerprint density at radius 3 is 2.69 bits per heavy atom. The van der Waals surface area contributed by atoms with E-state index >= 15 is 0 Å². The highest BCUT2D eigenvalue weighted by Crippen LogP contribution is 2.39. The molecule has 1 unspecified atom stereocenters. The van der Waals surface area contributed by atoms with Gasteiger partial charge in [0.1, 0.15) is 5.65 Å². The summed E-state index contributed by atoms with van der Waals surface area (Å²) in [5, 5.41) is 2.77. The summed E-state index contributed by atoms with van der Waals surface area (Å²) < 4.78 is 4.11. The van der Waals surface area contributed by atoms with Crippen LogP contribution < -0.4 is 16.8 Å². The lowest BCUT2D eigenvalue weighted by Gasteiger charge is -2.07. The quantitative estimate of drug-likeness (QED) is 0.342. The Hall–Kier alpha value is -3.65. The number of aryl methyl sites for hydroxylation is 2. The van der Waals surface area contributed by atoms with Gasteiger partial charge in [-0.15, -0.1) is 0 Å². The Morgan fingerprint density at radius 1 is 1.22 bits per heavy atom. The van der Waals surface area contributed by atoms with Gasteiger partial charge >= 0.3 is 0 Å². The van der Waals surface area contributed by atoms with Gasteiger partial charge in [-0.05, 0) is 74.8 Å². The van der Waals surface area contributed by atoms with Crippen LogP contribution in [0.3, 0.4) is 0 Å². The fraction of sp³-hybridized carbons (Fsp3) is 0.393. The molecule has 1 aliphatic rings. The van der Waals surface area contributed by atoms with E-state index in [0.717, 1.165) is 41.3 Å². The lowest BCUT2D eigenvalue weighted by atomic mass is 10.1. The molecule has 190 valence electrons. The molecule has 8 nitrogen and oxygen atoms in total. The number of pyridine rings is 2. The van der Waals surface area contributed by atoms with Crippen LogP contribution in [0.15, 0.2) is 54.9 Å². The number of carbonyl (C=O) groups is 1. The Balaban J connectivity index is 0.000000170. The summed E-state index contributed by atoms with van der Waals surface area (Å²) in [6.45, 7) is 8.33. The molecule has 1 amide bonds. The minimum absolute atomic E-state index is 0.219.